The lowest BCUT2D eigenvalue weighted by Gasteiger charge is -2.12. The predicted octanol–water partition coefficient (Wildman–Crippen LogP) is 3.87. The SMILES string of the molecule is Cc1cc(Cl)cc(NS(=O)(=O)c2c(F)cccc2F)c1F. The Balaban J connectivity index is 2.53. The molecule has 3 nitrogen and oxygen atoms in total. The van der Waals surface area contributed by atoms with Gasteiger partial charge in [0.1, 0.15) is 17.5 Å². The zero-order chi connectivity index (χ0) is 15.8. The highest BCUT2D eigenvalue weighted by Crippen LogP contribution is 2.27. The average molecular weight is 336 g/mol. The second-order valence-corrected chi connectivity index (χ2v) is 6.30. The summed E-state index contributed by atoms with van der Waals surface area (Å²) in [5.74, 6) is -3.43. The van der Waals surface area contributed by atoms with Crippen LogP contribution in [0.4, 0.5) is 18.9 Å². The molecular formula is C13H9ClF3NO2S. The van der Waals surface area contributed by atoms with Crippen molar-refractivity contribution in [3.63, 3.8) is 0 Å². The maximum atomic E-state index is 13.9. The lowest BCUT2D eigenvalue weighted by Crippen LogP contribution is -2.17. The molecular weight excluding hydrogens is 327 g/mol. The Kier molecular flexibility index (Phi) is 4.15. The second-order valence-electron chi connectivity index (χ2n) is 4.24. The van der Waals surface area contributed by atoms with Crippen LogP contribution in [0, 0.1) is 24.4 Å². The third-order valence-electron chi connectivity index (χ3n) is 2.65. The van der Waals surface area contributed by atoms with Crippen LogP contribution in [0.5, 0.6) is 0 Å². The van der Waals surface area contributed by atoms with E-state index in [4.69, 9.17) is 11.6 Å². The Morgan fingerprint density at radius 2 is 1.67 bits per heavy atom. The highest BCUT2D eigenvalue weighted by atomic mass is 35.5. The minimum atomic E-state index is -4.63. The van der Waals surface area contributed by atoms with Crippen LogP contribution in [0.25, 0.3) is 0 Å². The molecule has 0 spiro atoms. The van der Waals surface area contributed by atoms with Gasteiger partial charge in [0.2, 0.25) is 0 Å². The van der Waals surface area contributed by atoms with Gasteiger partial charge in [-0.3, -0.25) is 4.72 Å². The van der Waals surface area contributed by atoms with Gasteiger partial charge in [0.05, 0.1) is 5.69 Å². The minimum Gasteiger partial charge on any atom is -0.276 e. The molecule has 0 heterocycles. The van der Waals surface area contributed by atoms with Crippen molar-refractivity contribution in [1.29, 1.82) is 0 Å². The molecule has 0 unspecified atom stereocenters. The van der Waals surface area contributed by atoms with Gasteiger partial charge in [-0.2, -0.15) is 0 Å². The van der Waals surface area contributed by atoms with E-state index in [2.05, 4.69) is 0 Å². The maximum Gasteiger partial charge on any atom is 0.267 e. The zero-order valence-electron chi connectivity index (χ0n) is 10.6. The summed E-state index contributed by atoms with van der Waals surface area (Å²) in [6, 6.07) is 4.90. The molecule has 0 atom stereocenters. The molecule has 2 rings (SSSR count). The molecule has 112 valence electrons. The smallest absolute Gasteiger partial charge is 0.267 e. The lowest BCUT2D eigenvalue weighted by molar-refractivity contribution is 0.521. The molecule has 0 radical (unpaired) electrons. The fraction of sp³-hybridized carbons (Fsp3) is 0.0769. The van der Waals surface area contributed by atoms with E-state index in [0.29, 0.717) is 0 Å². The topological polar surface area (TPSA) is 46.2 Å². The molecule has 0 amide bonds. The molecule has 0 aliphatic heterocycles. The Morgan fingerprint density at radius 3 is 2.24 bits per heavy atom. The van der Waals surface area contributed by atoms with Crippen LogP contribution in [0.1, 0.15) is 5.56 Å². The van der Waals surface area contributed by atoms with Crippen molar-refractivity contribution < 1.29 is 21.6 Å². The van der Waals surface area contributed by atoms with Crippen molar-refractivity contribution in [2.45, 2.75) is 11.8 Å². The van der Waals surface area contributed by atoms with E-state index >= 15 is 0 Å². The Morgan fingerprint density at radius 1 is 1.10 bits per heavy atom. The fourth-order valence-corrected chi connectivity index (χ4v) is 3.20. The molecule has 1 N–H and O–H groups in total. The normalized spacial score (nSPS) is 11.5. The van der Waals surface area contributed by atoms with Crippen LogP contribution in [0.15, 0.2) is 35.2 Å². The maximum absolute atomic E-state index is 13.9. The van der Waals surface area contributed by atoms with Crippen LogP contribution in [0.3, 0.4) is 0 Å². The number of benzene rings is 2. The number of sulfonamides is 1. The number of anilines is 1. The third kappa shape index (κ3) is 3.14. The molecule has 0 saturated heterocycles. The lowest BCUT2D eigenvalue weighted by atomic mass is 10.2. The quantitative estimate of drug-likeness (QED) is 0.925. The van der Waals surface area contributed by atoms with Crippen LogP contribution in [-0.2, 0) is 10.0 Å². The van der Waals surface area contributed by atoms with E-state index in [1.165, 1.54) is 13.0 Å². The van der Waals surface area contributed by atoms with Gasteiger partial charge in [-0.05, 0) is 36.8 Å². The van der Waals surface area contributed by atoms with Crippen molar-refractivity contribution in [3.05, 3.63) is 58.4 Å². The fourth-order valence-electron chi connectivity index (χ4n) is 1.73. The van der Waals surface area contributed by atoms with E-state index in [1.54, 1.807) is 4.72 Å². The summed E-state index contributed by atoms with van der Waals surface area (Å²) < 4.78 is 66.7. The average Bonchev–Trinajstić information content (AvgIpc) is 2.34. The highest BCUT2D eigenvalue weighted by Gasteiger charge is 2.25. The molecule has 0 fully saturated rings. The second kappa shape index (κ2) is 5.57. The van der Waals surface area contributed by atoms with Gasteiger partial charge in [-0.1, -0.05) is 17.7 Å². The van der Waals surface area contributed by atoms with Gasteiger partial charge in [-0.15, -0.1) is 0 Å². The van der Waals surface area contributed by atoms with Crippen LogP contribution in [0.2, 0.25) is 5.02 Å². The summed E-state index contributed by atoms with van der Waals surface area (Å²) in [4.78, 5) is -1.18. The van der Waals surface area contributed by atoms with Crippen molar-refractivity contribution in [3.8, 4) is 0 Å². The van der Waals surface area contributed by atoms with Crippen LogP contribution < -0.4 is 4.72 Å². The first kappa shape index (κ1) is 15.7. The Hall–Kier alpha value is -1.73. The van der Waals surface area contributed by atoms with Crippen molar-refractivity contribution in [2.75, 3.05) is 4.72 Å². The van der Waals surface area contributed by atoms with Gasteiger partial charge in [0, 0.05) is 5.02 Å². The Labute approximate surface area is 124 Å². The van der Waals surface area contributed by atoms with E-state index < -0.39 is 38.1 Å². The number of rotatable bonds is 3. The van der Waals surface area contributed by atoms with Crippen molar-refractivity contribution in [1.82, 2.24) is 0 Å². The van der Waals surface area contributed by atoms with E-state index in [0.717, 1.165) is 24.3 Å². The first-order valence-corrected chi connectivity index (χ1v) is 7.51. The molecule has 8 heteroatoms. The molecule has 0 aromatic heterocycles. The van der Waals surface area contributed by atoms with Crippen molar-refractivity contribution >= 4 is 27.3 Å². The zero-order valence-corrected chi connectivity index (χ0v) is 12.2. The highest BCUT2D eigenvalue weighted by molar-refractivity contribution is 7.92. The Bertz CT molecular complexity index is 789. The van der Waals surface area contributed by atoms with E-state index in [9.17, 15) is 21.6 Å². The number of hydrogen-bond acceptors (Lipinski definition) is 2. The number of aryl methyl sites for hydroxylation is 1. The predicted molar refractivity (Wildman–Crippen MR) is 73.3 cm³/mol. The third-order valence-corrected chi connectivity index (χ3v) is 4.29. The molecule has 2 aromatic carbocycles. The number of hydrogen-bond donors (Lipinski definition) is 1. The number of halogens is 4. The molecule has 0 aliphatic carbocycles. The molecule has 2 aromatic rings. The van der Waals surface area contributed by atoms with Gasteiger partial charge in [0.25, 0.3) is 10.0 Å². The van der Waals surface area contributed by atoms with E-state index in [1.807, 2.05) is 0 Å². The summed E-state index contributed by atoms with van der Waals surface area (Å²) >= 11 is 5.71. The minimum absolute atomic E-state index is 0.0839. The first-order valence-electron chi connectivity index (χ1n) is 5.65. The summed E-state index contributed by atoms with van der Waals surface area (Å²) in [5.41, 5.74) is -0.392. The molecule has 0 saturated carbocycles. The summed E-state index contributed by atoms with van der Waals surface area (Å²) in [6.07, 6.45) is 0. The summed E-state index contributed by atoms with van der Waals surface area (Å²) in [5, 5.41) is 0.0839. The van der Waals surface area contributed by atoms with Gasteiger partial charge < -0.3 is 0 Å². The van der Waals surface area contributed by atoms with Crippen LogP contribution in [-0.4, -0.2) is 8.42 Å². The molecule has 21 heavy (non-hydrogen) atoms. The van der Waals surface area contributed by atoms with Gasteiger partial charge in [-0.25, -0.2) is 21.6 Å². The molecule has 0 bridgehead atoms. The van der Waals surface area contributed by atoms with Gasteiger partial charge in [0.15, 0.2) is 4.90 Å². The first-order chi connectivity index (χ1) is 9.72. The van der Waals surface area contributed by atoms with Crippen molar-refractivity contribution in [2.24, 2.45) is 0 Å². The monoisotopic (exact) mass is 335 g/mol. The summed E-state index contributed by atoms with van der Waals surface area (Å²) in [6.45, 7) is 1.38. The van der Waals surface area contributed by atoms with Gasteiger partial charge >= 0.3 is 0 Å². The van der Waals surface area contributed by atoms with Crippen LogP contribution >= 0.6 is 11.6 Å². The van der Waals surface area contributed by atoms with E-state index in [-0.39, 0.29) is 10.6 Å². The largest absolute Gasteiger partial charge is 0.276 e. The summed E-state index contributed by atoms with van der Waals surface area (Å²) in [7, 11) is -4.63. The standard InChI is InChI=1S/C13H9ClF3NO2S/c1-7-5-8(14)6-11(12(7)17)18-21(19,20)13-9(15)3-2-4-10(13)16/h2-6,18H,1H3. The number of nitrogens with one attached hydrogen (secondary N) is 1. The molecule has 0 aliphatic rings.